The summed E-state index contributed by atoms with van der Waals surface area (Å²) in [5, 5.41) is 7.83. The number of aliphatic imine (C=N–C) groups is 1. The van der Waals surface area contributed by atoms with Crippen LogP contribution >= 0.6 is 0 Å². The number of alkyl carbamates (subject to hydrolysis) is 2. The van der Waals surface area contributed by atoms with Crippen LogP contribution in [0.15, 0.2) is 53.7 Å². The van der Waals surface area contributed by atoms with Gasteiger partial charge in [0.15, 0.2) is 0 Å². The number of ether oxygens (including phenoxy) is 4. The first-order valence-electron chi connectivity index (χ1n) is 22.9. The van der Waals surface area contributed by atoms with Crippen LogP contribution in [0, 0.1) is 11.8 Å². The first-order chi connectivity index (χ1) is 31.0. The molecule has 0 radical (unpaired) electrons. The summed E-state index contributed by atoms with van der Waals surface area (Å²) in [6.07, 6.45) is 6.58. The van der Waals surface area contributed by atoms with Crippen molar-refractivity contribution in [1.82, 2.24) is 30.4 Å². The minimum Gasteiger partial charge on any atom is -0.488 e. The molecule has 0 saturated carbocycles. The zero-order valence-corrected chi connectivity index (χ0v) is 37.6. The number of rotatable bonds is 10. The Labute approximate surface area is 373 Å². The van der Waals surface area contributed by atoms with E-state index in [0.717, 1.165) is 99.4 Å². The number of aromatic nitrogens is 2. The Bertz CT molecular complexity index is 2500. The number of nitrogens with zero attached hydrogens (tertiary/aromatic N) is 4. The predicted octanol–water partition coefficient (Wildman–Crippen LogP) is 7.77. The molecule has 5 aliphatic rings. The van der Waals surface area contributed by atoms with Gasteiger partial charge in [-0.05, 0) is 121 Å². The van der Waals surface area contributed by atoms with Crippen LogP contribution in [0.4, 0.5) is 15.3 Å². The molecule has 15 nitrogen and oxygen atoms in total. The highest BCUT2D eigenvalue weighted by Crippen LogP contribution is 2.45. The molecule has 3 fully saturated rings. The van der Waals surface area contributed by atoms with Crippen molar-refractivity contribution >= 4 is 46.2 Å². The summed E-state index contributed by atoms with van der Waals surface area (Å²) in [6, 6.07) is 13.1. The number of carbonyl (C=O) groups is 4. The van der Waals surface area contributed by atoms with E-state index >= 15 is 0 Å². The molecular weight excluding hydrogens is 815 g/mol. The van der Waals surface area contributed by atoms with Gasteiger partial charge in [-0.25, -0.2) is 14.6 Å². The molecule has 0 aliphatic carbocycles. The smallest absolute Gasteiger partial charge is 0.407 e. The second-order valence-corrected chi connectivity index (χ2v) is 18.2. The Morgan fingerprint density at radius 2 is 1.58 bits per heavy atom. The Morgan fingerprint density at radius 1 is 0.859 bits per heavy atom. The van der Waals surface area contributed by atoms with E-state index in [1.807, 2.05) is 29.8 Å². The van der Waals surface area contributed by atoms with Crippen molar-refractivity contribution in [2.75, 3.05) is 27.4 Å². The molecule has 3 N–H and O–H groups in total. The molecule has 3 aromatic carbocycles. The highest BCUT2D eigenvalue weighted by molar-refractivity contribution is 6.06. The minimum atomic E-state index is -0.711. The van der Waals surface area contributed by atoms with Crippen LogP contribution in [0.1, 0.15) is 95.6 Å². The normalized spacial score (nSPS) is 23.0. The second kappa shape index (κ2) is 17.9. The molecule has 338 valence electrons. The van der Waals surface area contributed by atoms with Crippen molar-refractivity contribution in [3.63, 3.8) is 0 Å². The van der Waals surface area contributed by atoms with Crippen LogP contribution in [0.5, 0.6) is 5.75 Å². The van der Waals surface area contributed by atoms with Crippen LogP contribution in [0.2, 0.25) is 0 Å². The number of carbonyl (C=O) groups excluding carboxylic acids is 4. The van der Waals surface area contributed by atoms with Crippen LogP contribution in [-0.2, 0) is 36.8 Å². The van der Waals surface area contributed by atoms with E-state index in [9.17, 15) is 19.2 Å². The predicted molar refractivity (Wildman–Crippen MR) is 241 cm³/mol. The maximum absolute atomic E-state index is 14.3. The summed E-state index contributed by atoms with van der Waals surface area (Å²) >= 11 is 0. The number of hydrogen-bond donors (Lipinski definition) is 3. The number of benzene rings is 3. The number of fused-ring (bicyclic) bond motifs is 6. The number of methoxy groups -OCH3 is 2. The number of hydrogen-bond acceptors (Lipinski definition) is 10. The van der Waals surface area contributed by atoms with Gasteiger partial charge in [-0.15, -0.1) is 0 Å². The minimum absolute atomic E-state index is 0.0126. The molecule has 0 spiro atoms. The summed E-state index contributed by atoms with van der Waals surface area (Å²) in [5.74, 6) is 1.20. The van der Waals surface area contributed by atoms with Crippen LogP contribution in [-0.4, -0.2) is 107 Å². The highest BCUT2D eigenvalue weighted by atomic mass is 16.5. The second-order valence-electron chi connectivity index (χ2n) is 18.2. The lowest BCUT2D eigenvalue weighted by Crippen LogP contribution is -2.55. The third-order valence-electron chi connectivity index (χ3n) is 14.5. The third kappa shape index (κ3) is 7.96. The first kappa shape index (κ1) is 43.3. The summed E-state index contributed by atoms with van der Waals surface area (Å²) in [5.41, 5.74) is 8.01. The van der Waals surface area contributed by atoms with Crippen LogP contribution < -0.4 is 15.4 Å². The highest BCUT2D eigenvalue weighted by Gasteiger charge is 2.44. The zero-order valence-electron chi connectivity index (χ0n) is 37.6. The summed E-state index contributed by atoms with van der Waals surface area (Å²) in [6.45, 7) is 9.62. The van der Waals surface area contributed by atoms with Crippen LogP contribution in [0.3, 0.4) is 0 Å². The number of H-pyrrole nitrogens is 1. The van der Waals surface area contributed by atoms with Crippen molar-refractivity contribution in [1.29, 1.82) is 0 Å². The average molecular weight is 874 g/mol. The summed E-state index contributed by atoms with van der Waals surface area (Å²) < 4.78 is 21.9. The molecule has 1 unspecified atom stereocenters. The molecule has 4 amide bonds. The van der Waals surface area contributed by atoms with E-state index in [1.165, 1.54) is 14.2 Å². The van der Waals surface area contributed by atoms with Crippen molar-refractivity contribution in [3.8, 4) is 28.1 Å². The molecule has 64 heavy (non-hydrogen) atoms. The molecule has 9 rings (SSSR count). The van der Waals surface area contributed by atoms with Crippen LogP contribution in [0.25, 0.3) is 33.2 Å². The van der Waals surface area contributed by atoms with E-state index < -0.39 is 24.3 Å². The van der Waals surface area contributed by atoms with E-state index in [1.54, 1.807) is 0 Å². The Balaban J connectivity index is 0.932. The number of amides is 4. The van der Waals surface area contributed by atoms with E-state index in [-0.39, 0.29) is 47.8 Å². The Hall–Kier alpha value is -5.96. The van der Waals surface area contributed by atoms with Crippen molar-refractivity contribution in [2.24, 2.45) is 16.8 Å². The molecular formula is C49H59N7O8. The molecule has 0 bridgehead atoms. The molecule has 7 atom stereocenters. The topological polar surface area (TPSA) is 177 Å². The van der Waals surface area contributed by atoms with Crippen molar-refractivity contribution < 1.29 is 38.1 Å². The maximum Gasteiger partial charge on any atom is 0.407 e. The quantitative estimate of drug-likeness (QED) is 0.144. The molecule has 4 aromatic rings. The van der Waals surface area contributed by atoms with E-state index in [2.05, 4.69) is 71.9 Å². The standard InChI is InChI=1S/C49H59N7O8/c1-7-26(2)43(53-48(59)61-5)46(57)55-27(3)8-14-40(55)38-22-35-34-23-42-36(21-30(34)11-13-37(35)51-38)33-12-10-31(20-32(33)25-64-42)39-24-50-45(52-39)41-15-9-28(4)56(41)47(58)44(54-49(60)62-6)29-16-18-63-19-17-29/h10-13,20-21,23-24,26-29,40-41,43-44H,7-9,14-19,22,25H2,1-6H3,(H,50,52)(H,53,59)(H,54,60)/t26-,27-,28-,40-,41-,43-,44?/m0/s1. The largest absolute Gasteiger partial charge is 0.488 e. The van der Waals surface area contributed by atoms with Gasteiger partial charge >= 0.3 is 12.2 Å². The molecule has 3 saturated heterocycles. The number of likely N-dealkylation sites (tertiary alicyclic amines) is 2. The van der Waals surface area contributed by atoms with Gasteiger partial charge in [0.25, 0.3) is 0 Å². The van der Waals surface area contributed by atoms with Crippen molar-refractivity contribution in [2.45, 2.75) is 122 Å². The molecule has 1 aromatic heterocycles. The van der Waals surface area contributed by atoms with Gasteiger partial charge in [-0.2, -0.15) is 0 Å². The molecule has 5 aliphatic heterocycles. The van der Waals surface area contributed by atoms with Gasteiger partial charge in [0, 0.05) is 43.0 Å². The van der Waals surface area contributed by atoms with Gasteiger partial charge < -0.3 is 44.4 Å². The van der Waals surface area contributed by atoms with Gasteiger partial charge in [-0.1, -0.05) is 38.5 Å². The Kier molecular flexibility index (Phi) is 12.1. The first-order valence-corrected chi connectivity index (χ1v) is 22.9. The lowest BCUT2D eigenvalue weighted by Gasteiger charge is -2.36. The monoisotopic (exact) mass is 873 g/mol. The van der Waals surface area contributed by atoms with E-state index in [4.69, 9.17) is 28.9 Å². The number of aromatic amines is 1. The van der Waals surface area contributed by atoms with E-state index in [0.29, 0.717) is 39.1 Å². The van der Waals surface area contributed by atoms with Gasteiger partial charge in [-0.3, -0.25) is 14.6 Å². The number of imidazole rings is 1. The fraction of sp³-hybridized carbons (Fsp3) is 0.510. The summed E-state index contributed by atoms with van der Waals surface area (Å²) in [7, 11) is 2.63. The van der Waals surface area contributed by atoms with Gasteiger partial charge in [0.2, 0.25) is 11.8 Å². The third-order valence-corrected chi connectivity index (χ3v) is 14.5. The number of nitrogens with one attached hydrogen (secondary N) is 3. The average Bonchev–Trinajstić information content (AvgIpc) is 4.14. The van der Waals surface area contributed by atoms with Gasteiger partial charge in [0.1, 0.15) is 30.3 Å². The fourth-order valence-electron chi connectivity index (χ4n) is 10.7. The summed E-state index contributed by atoms with van der Waals surface area (Å²) in [4.78, 5) is 70.5. The molecule has 6 heterocycles. The fourth-order valence-corrected chi connectivity index (χ4v) is 10.7. The lowest BCUT2D eigenvalue weighted by atomic mass is 9.90. The van der Waals surface area contributed by atoms with Gasteiger partial charge in [0.05, 0.1) is 43.9 Å². The van der Waals surface area contributed by atoms with Crippen molar-refractivity contribution in [3.05, 3.63) is 65.6 Å². The Morgan fingerprint density at radius 3 is 2.31 bits per heavy atom. The maximum atomic E-state index is 14.3. The lowest BCUT2D eigenvalue weighted by molar-refractivity contribution is -0.138. The zero-order chi connectivity index (χ0) is 44.8. The SMILES string of the molecule is CC[C@H](C)[C@H](NC(=O)OC)C(=O)N1[C@@H](C)CC[C@H]1C1=Nc2ccc3cc4c(cc3c2C1)OCc1cc(-c2cnc([C@@H]3CC[C@H](C)N3C(=O)C(NC(=O)OC)C3CCOCC3)[nH]2)ccc1-4. The molecule has 15 heteroatoms.